The van der Waals surface area contributed by atoms with E-state index in [2.05, 4.69) is 46.5 Å². The van der Waals surface area contributed by atoms with Crippen LogP contribution < -0.4 is 10.2 Å². The molecule has 0 saturated carbocycles. The highest BCUT2D eigenvalue weighted by atomic mass is 15.3. The molecule has 1 aromatic heterocycles. The molecule has 0 aliphatic carbocycles. The zero-order valence-corrected chi connectivity index (χ0v) is 11.2. The smallest absolute Gasteiger partial charge is 0.0575 e. The number of aryl methyl sites for hydroxylation is 1. The summed E-state index contributed by atoms with van der Waals surface area (Å²) in [5, 5.41) is 7.69. The highest BCUT2D eigenvalue weighted by Gasteiger charge is 2.01. The third-order valence-corrected chi connectivity index (χ3v) is 2.94. The van der Waals surface area contributed by atoms with Crippen molar-refractivity contribution in [2.45, 2.75) is 20.0 Å². The molecule has 0 unspecified atom stereocenters. The van der Waals surface area contributed by atoms with Crippen LogP contribution in [0.3, 0.4) is 0 Å². The van der Waals surface area contributed by atoms with E-state index in [4.69, 9.17) is 0 Å². The van der Waals surface area contributed by atoms with Gasteiger partial charge in [0.15, 0.2) is 0 Å². The quantitative estimate of drug-likeness (QED) is 0.877. The molecule has 1 aromatic carbocycles. The lowest BCUT2D eigenvalue weighted by atomic mass is 10.2. The fourth-order valence-electron chi connectivity index (χ4n) is 1.88. The van der Waals surface area contributed by atoms with E-state index >= 15 is 0 Å². The van der Waals surface area contributed by atoms with Gasteiger partial charge >= 0.3 is 0 Å². The Bertz CT molecular complexity index is 502. The van der Waals surface area contributed by atoms with Crippen LogP contribution in [-0.2, 0) is 13.1 Å². The number of nitrogens with zero attached hydrogens (tertiary/aromatic N) is 3. The molecule has 1 heterocycles. The lowest BCUT2D eigenvalue weighted by Crippen LogP contribution is -2.10. The Morgan fingerprint density at radius 1 is 1.28 bits per heavy atom. The van der Waals surface area contributed by atoms with Crippen molar-refractivity contribution < 1.29 is 0 Å². The second-order valence-electron chi connectivity index (χ2n) is 4.44. The van der Waals surface area contributed by atoms with Gasteiger partial charge in [0.25, 0.3) is 0 Å². The summed E-state index contributed by atoms with van der Waals surface area (Å²) in [6, 6.07) is 10.4. The van der Waals surface area contributed by atoms with Crippen molar-refractivity contribution in [1.82, 2.24) is 9.78 Å². The first kappa shape index (κ1) is 12.5. The van der Waals surface area contributed by atoms with Gasteiger partial charge in [0.2, 0.25) is 0 Å². The van der Waals surface area contributed by atoms with Crippen LogP contribution in [0.25, 0.3) is 0 Å². The Labute approximate surface area is 108 Å². The Morgan fingerprint density at radius 3 is 2.83 bits per heavy atom. The summed E-state index contributed by atoms with van der Waals surface area (Å²) in [4.78, 5) is 2.10. The molecule has 0 spiro atoms. The fraction of sp³-hybridized carbons (Fsp3) is 0.357. The van der Waals surface area contributed by atoms with Crippen molar-refractivity contribution in [3.63, 3.8) is 0 Å². The number of nitrogens with one attached hydrogen (secondary N) is 1. The second-order valence-corrected chi connectivity index (χ2v) is 4.44. The zero-order chi connectivity index (χ0) is 13.0. The van der Waals surface area contributed by atoms with Gasteiger partial charge in [0, 0.05) is 38.2 Å². The molecule has 96 valence electrons. The normalized spacial score (nSPS) is 10.4. The van der Waals surface area contributed by atoms with Crippen LogP contribution in [0.1, 0.15) is 12.6 Å². The van der Waals surface area contributed by atoms with Crippen LogP contribution in [-0.4, -0.2) is 23.9 Å². The molecule has 0 fully saturated rings. The minimum Gasteiger partial charge on any atom is -0.379 e. The maximum absolute atomic E-state index is 4.26. The minimum absolute atomic E-state index is 0.796. The number of hydrogen-bond acceptors (Lipinski definition) is 3. The van der Waals surface area contributed by atoms with E-state index in [1.807, 2.05) is 31.0 Å². The molecule has 2 aromatic rings. The van der Waals surface area contributed by atoms with E-state index in [1.165, 1.54) is 11.4 Å². The van der Waals surface area contributed by atoms with Gasteiger partial charge < -0.3 is 10.2 Å². The van der Waals surface area contributed by atoms with Crippen molar-refractivity contribution in [3.8, 4) is 0 Å². The molecule has 0 saturated heterocycles. The van der Waals surface area contributed by atoms with Gasteiger partial charge in [-0.3, -0.25) is 4.68 Å². The first-order valence-electron chi connectivity index (χ1n) is 6.22. The zero-order valence-electron chi connectivity index (χ0n) is 11.2. The van der Waals surface area contributed by atoms with E-state index < -0.39 is 0 Å². The highest BCUT2D eigenvalue weighted by molar-refractivity contribution is 5.57. The van der Waals surface area contributed by atoms with Crippen LogP contribution in [0.4, 0.5) is 11.4 Å². The molecule has 0 aliphatic rings. The Kier molecular flexibility index (Phi) is 3.87. The highest BCUT2D eigenvalue weighted by Crippen LogP contribution is 2.17. The predicted molar refractivity (Wildman–Crippen MR) is 76.0 cm³/mol. The summed E-state index contributed by atoms with van der Waals surface area (Å²) in [6.07, 6.45) is 1.84. The van der Waals surface area contributed by atoms with Crippen molar-refractivity contribution in [1.29, 1.82) is 0 Å². The van der Waals surface area contributed by atoms with Gasteiger partial charge in [0.05, 0.1) is 12.2 Å². The molecule has 0 aliphatic heterocycles. The molecular formula is C14H20N4. The molecule has 0 radical (unpaired) electrons. The summed E-state index contributed by atoms with van der Waals surface area (Å²) in [5.41, 5.74) is 3.53. The Hall–Kier alpha value is -1.97. The molecule has 0 bridgehead atoms. The van der Waals surface area contributed by atoms with Gasteiger partial charge in [-0.2, -0.15) is 5.10 Å². The third kappa shape index (κ3) is 2.83. The van der Waals surface area contributed by atoms with Crippen LogP contribution in [0.2, 0.25) is 0 Å². The van der Waals surface area contributed by atoms with Crippen molar-refractivity contribution in [2.24, 2.45) is 0 Å². The van der Waals surface area contributed by atoms with Crippen molar-refractivity contribution in [2.75, 3.05) is 24.3 Å². The fourth-order valence-corrected chi connectivity index (χ4v) is 1.88. The lowest BCUT2D eigenvalue weighted by Gasteiger charge is -2.14. The lowest BCUT2D eigenvalue weighted by molar-refractivity contribution is 0.627. The molecule has 0 amide bonds. The number of benzene rings is 1. The Morgan fingerprint density at radius 2 is 2.11 bits per heavy atom. The topological polar surface area (TPSA) is 33.1 Å². The molecular weight excluding hydrogens is 224 g/mol. The van der Waals surface area contributed by atoms with Crippen molar-refractivity contribution >= 4 is 11.4 Å². The SMILES string of the molecule is CCn1nccc1CNc1cccc(N(C)C)c1. The largest absolute Gasteiger partial charge is 0.379 e. The average Bonchev–Trinajstić information content (AvgIpc) is 2.84. The first-order chi connectivity index (χ1) is 8.70. The maximum Gasteiger partial charge on any atom is 0.0575 e. The van der Waals surface area contributed by atoms with Crippen LogP contribution in [0.15, 0.2) is 36.5 Å². The summed E-state index contributed by atoms with van der Waals surface area (Å²) in [6.45, 7) is 3.80. The van der Waals surface area contributed by atoms with Gasteiger partial charge in [-0.25, -0.2) is 0 Å². The Balaban J connectivity index is 2.04. The van der Waals surface area contributed by atoms with E-state index in [0.29, 0.717) is 0 Å². The van der Waals surface area contributed by atoms with Crippen LogP contribution >= 0.6 is 0 Å². The number of rotatable bonds is 5. The van der Waals surface area contributed by atoms with E-state index in [1.54, 1.807) is 0 Å². The summed E-state index contributed by atoms with van der Waals surface area (Å²) in [7, 11) is 4.09. The molecule has 4 nitrogen and oxygen atoms in total. The molecule has 2 rings (SSSR count). The monoisotopic (exact) mass is 244 g/mol. The molecule has 18 heavy (non-hydrogen) atoms. The summed E-state index contributed by atoms with van der Waals surface area (Å²) >= 11 is 0. The van der Waals surface area contributed by atoms with E-state index in [0.717, 1.165) is 18.8 Å². The van der Waals surface area contributed by atoms with Crippen LogP contribution in [0, 0.1) is 0 Å². The van der Waals surface area contributed by atoms with E-state index in [9.17, 15) is 0 Å². The standard InChI is InChI=1S/C14H20N4/c1-4-18-14(8-9-16-18)11-15-12-6-5-7-13(10-12)17(2)3/h5-10,15H,4,11H2,1-3H3. The number of aromatic nitrogens is 2. The van der Waals surface area contributed by atoms with Gasteiger partial charge in [-0.1, -0.05) is 6.07 Å². The van der Waals surface area contributed by atoms with E-state index in [-0.39, 0.29) is 0 Å². The second kappa shape index (κ2) is 5.58. The first-order valence-corrected chi connectivity index (χ1v) is 6.22. The van der Waals surface area contributed by atoms with Crippen LogP contribution in [0.5, 0.6) is 0 Å². The average molecular weight is 244 g/mol. The van der Waals surface area contributed by atoms with Crippen molar-refractivity contribution in [3.05, 3.63) is 42.2 Å². The van der Waals surface area contributed by atoms with Gasteiger partial charge in [-0.15, -0.1) is 0 Å². The molecule has 0 atom stereocenters. The summed E-state index contributed by atoms with van der Waals surface area (Å²) < 4.78 is 2.00. The third-order valence-electron chi connectivity index (χ3n) is 2.94. The maximum atomic E-state index is 4.26. The minimum atomic E-state index is 0.796. The predicted octanol–water partition coefficient (Wildman–Crippen LogP) is 2.58. The molecule has 4 heteroatoms. The van der Waals surface area contributed by atoms with Gasteiger partial charge in [0.1, 0.15) is 0 Å². The van der Waals surface area contributed by atoms with Gasteiger partial charge in [-0.05, 0) is 31.2 Å². The number of hydrogen-bond donors (Lipinski definition) is 1. The summed E-state index contributed by atoms with van der Waals surface area (Å²) in [5.74, 6) is 0. The molecule has 1 N–H and O–H groups in total. The number of anilines is 2.